The van der Waals surface area contributed by atoms with Gasteiger partial charge in [0.2, 0.25) is 0 Å². The number of hydrogen-bond donors (Lipinski definition) is 2. The number of anilines is 1. The topological polar surface area (TPSA) is 80.3 Å². The van der Waals surface area contributed by atoms with E-state index < -0.39 is 11.9 Å². The summed E-state index contributed by atoms with van der Waals surface area (Å²) in [4.78, 5) is 27.0. The van der Waals surface area contributed by atoms with E-state index in [9.17, 15) is 9.59 Å². The maximum atomic E-state index is 11.7. The maximum Gasteiger partial charge on any atom is 0.358 e. The van der Waals surface area contributed by atoms with Crippen molar-refractivity contribution in [1.29, 1.82) is 0 Å². The van der Waals surface area contributed by atoms with Gasteiger partial charge >= 0.3 is 5.97 Å². The molecule has 7 heteroatoms. The van der Waals surface area contributed by atoms with E-state index in [1.54, 1.807) is 5.38 Å². The fourth-order valence-electron chi connectivity index (χ4n) is 1.32. The molecule has 1 heterocycles. The third-order valence-corrected chi connectivity index (χ3v) is 3.23. The highest BCUT2D eigenvalue weighted by Gasteiger charge is 2.13. The van der Waals surface area contributed by atoms with E-state index in [0.29, 0.717) is 11.0 Å². The number of esters is 1. The van der Waals surface area contributed by atoms with Gasteiger partial charge in [-0.1, -0.05) is 19.8 Å². The van der Waals surface area contributed by atoms with Crippen molar-refractivity contribution in [3.05, 3.63) is 11.1 Å². The predicted molar refractivity (Wildman–Crippen MR) is 82.2 cm³/mol. The molecule has 0 spiro atoms. The molecule has 1 aromatic heterocycles. The summed E-state index contributed by atoms with van der Waals surface area (Å²) in [5.41, 5.74) is 0.191. The van der Waals surface area contributed by atoms with Crippen LogP contribution in [0.15, 0.2) is 5.38 Å². The zero-order valence-corrected chi connectivity index (χ0v) is 13.0. The van der Waals surface area contributed by atoms with Crippen LogP contribution in [0.4, 0.5) is 5.13 Å². The van der Waals surface area contributed by atoms with Crippen LogP contribution in [0.3, 0.4) is 0 Å². The Morgan fingerprint density at radius 2 is 2.29 bits per heavy atom. The lowest BCUT2D eigenvalue weighted by atomic mass is 10.1. The zero-order valence-electron chi connectivity index (χ0n) is 12.1. The molecular formula is C14H19N3O3S. The molecule has 6 nitrogen and oxygen atoms in total. The van der Waals surface area contributed by atoms with Crippen molar-refractivity contribution < 1.29 is 14.3 Å². The Hall–Kier alpha value is -2.07. The molecule has 0 aromatic carbocycles. The van der Waals surface area contributed by atoms with Gasteiger partial charge in [-0.3, -0.25) is 4.79 Å². The van der Waals surface area contributed by atoms with Crippen molar-refractivity contribution in [3.63, 3.8) is 0 Å². The van der Waals surface area contributed by atoms with Crippen LogP contribution in [0.1, 0.15) is 30.8 Å². The minimum Gasteiger partial charge on any atom is -0.451 e. The Morgan fingerprint density at radius 1 is 1.52 bits per heavy atom. The minimum atomic E-state index is -0.626. The van der Waals surface area contributed by atoms with Crippen LogP contribution >= 0.6 is 11.3 Å². The van der Waals surface area contributed by atoms with Crippen LogP contribution in [0.2, 0.25) is 0 Å². The second-order valence-electron chi connectivity index (χ2n) is 4.70. The highest BCUT2D eigenvalue weighted by Crippen LogP contribution is 2.16. The molecule has 21 heavy (non-hydrogen) atoms. The number of nitrogens with zero attached hydrogens (tertiary/aromatic N) is 1. The maximum absolute atomic E-state index is 11.7. The summed E-state index contributed by atoms with van der Waals surface area (Å²) in [5.74, 6) is 1.79. The Bertz CT molecular complexity index is 520. The second-order valence-corrected chi connectivity index (χ2v) is 5.56. The number of thiazole rings is 1. The number of terminal acetylenes is 1. The number of carbonyl (C=O) groups is 2. The van der Waals surface area contributed by atoms with Crippen molar-refractivity contribution in [2.75, 3.05) is 25.0 Å². The summed E-state index contributed by atoms with van der Waals surface area (Å²) in [5, 5.41) is 7.81. The van der Waals surface area contributed by atoms with Gasteiger partial charge in [-0.05, 0) is 12.3 Å². The first-order valence-electron chi connectivity index (χ1n) is 6.59. The third-order valence-electron chi connectivity index (χ3n) is 2.43. The fourth-order valence-corrected chi connectivity index (χ4v) is 2.03. The van der Waals surface area contributed by atoms with Crippen molar-refractivity contribution >= 4 is 28.3 Å². The quantitative estimate of drug-likeness (QED) is 0.562. The first kappa shape index (κ1) is 17.0. The molecule has 0 aliphatic heterocycles. The number of carbonyl (C=O) groups excluding carboxylic acids is 2. The largest absolute Gasteiger partial charge is 0.451 e. The smallest absolute Gasteiger partial charge is 0.358 e. The third kappa shape index (κ3) is 6.77. The normalized spacial score (nSPS) is 10.0. The molecule has 0 aliphatic carbocycles. The summed E-state index contributed by atoms with van der Waals surface area (Å²) in [6.45, 7) is 4.81. The van der Waals surface area contributed by atoms with E-state index in [-0.39, 0.29) is 18.8 Å². The van der Waals surface area contributed by atoms with Gasteiger partial charge in [0.05, 0.1) is 6.54 Å². The molecule has 0 saturated carbocycles. The average Bonchev–Trinajstić information content (AvgIpc) is 2.91. The predicted octanol–water partition coefficient (Wildman–Crippen LogP) is 1.51. The van der Waals surface area contributed by atoms with Gasteiger partial charge in [0.25, 0.3) is 5.91 Å². The van der Waals surface area contributed by atoms with Crippen LogP contribution < -0.4 is 10.6 Å². The van der Waals surface area contributed by atoms with Gasteiger partial charge < -0.3 is 15.4 Å². The van der Waals surface area contributed by atoms with E-state index in [0.717, 1.165) is 13.0 Å². The van der Waals surface area contributed by atoms with Crippen LogP contribution in [0, 0.1) is 18.3 Å². The Balaban J connectivity index is 2.36. The lowest BCUT2D eigenvalue weighted by Gasteiger charge is -2.04. The van der Waals surface area contributed by atoms with Crippen LogP contribution in [-0.2, 0) is 9.53 Å². The molecule has 0 unspecified atom stereocenters. The molecule has 1 rings (SSSR count). The average molecular weight is 309 g/mol. The van der Waals surface area contributed by atoms with Gasteiger partial charge in [-0.25, -0.2) is 9.78 Å². The molecule has 1 amide bonds. The first-order chi connectivity index (χ1) is 10.0. The molecule has 0 fully saturated rings. The molecule has 0 aliphatic rings. The van der Waals surface area contributed by atoms with E-state index in [1.807, 2.05) is 0 Å². The van der Waals surface area contributed by atoms with E-state index in [4.69, 9.17) is 11.2 Å². The van der Waals surface area contributed by atoms with Crippen LogP contribution in [0.5, 0.6) is 0 Å². The summed E-state index contributed by atoms with van der Waals surface area (Å²) >= 11 is 1.33. The number of ether oxygens (including phenoxy) is 1. The van der Waals surface area contributed by atoms with Crippen molar-refractivity contribution in [2.45, 2.75) is 20.3 Å². The summed E-state index contributed by atoms with van der Waals surface area (Å²) < 4.78 is 4.84. The van der Waals surface area contributed by atoms with Gasteiger partial charge in [0.1, 0.15) is 0 Å². The first-order valence-corrected chi connectivity index (χ1v) is 7.47. The Kier molecular flexibility index (Phi) is 7.26. The Labute approximate surface area is 128 Å². The lowest BCUT2D eigenvalue weighted by Crippen LogP contribution is -2.29. The zero-order chi connectivity index (χ0) is 15.7. The second kappa shape index (κ2) is 8.97. The highest BCUT2D eigenvalue weighted by molar-refractivity contribution is 7.13. The van der Waals surface area contributed by atoms with E-state index >= 15 is 0 Å². The highest BCUT2D eigenvalue weighted by atomic mass is 32.1. The summed E-state index contributed by atoms with van der Waals surface area (Å²) in [6, 6.07) is 0. The molecule has 0 atom stereocenters. The molecule has 0 bridgehead atoms. The SMILES string of the molecule is C#CCNC(=O)COC(=O)c1csc(NCCC(C)C)n1. The lowest BCUT2D eigenvalue weighted by molar-refractivity contribution is -0.123. The van der Waals surface area contributed by atoms with Crippen LogP contribution in [-0.4, -0.2) is 36.6 Å². The summed E-state index contributed by atoms with van der Waals surface area (Å²) in [7, 11) is 0. The number of amides is 1. The molecule has 1 aromatic rings. The van der Waals surface area contributed by atoms with Gasteiger partial charge in [0, 0.05) is 11.9 Å². The fraction of sp³-hybridized carbons (Fsp3) is 0.500. The van der Waals surface area contributed by atoms with Crippen molar-refractivity contribution in [1.82, 2.24) is 10.3 Å². The molecule has 0 radical (unpaired) electrons. The van der Waals surface area contributed by atoms with Crippen molar-refractivity contribution in [2.24, 2.45) is 5.92 Å². The monoisotopic (exact) mass is 309 g/mol. The number of aromatic nitrogens is 1. The Morgan fingerprint density at radius 3 is 2.95 bits per heavy atom. The van der Waals surface area contributed by atoms with Gasteiger partial charge in [-0.2, -0.15) is 0 Å². The molecule has 0 saturated heterocycles. The van der Waals surface area contributed by atoms with Crippen molar-refractivity contribution in [3.8, 4) is 12.3 Å². The number of rotatable bonds is 8. The van der Waals surface area contributed by atoms with E-state index in [2.05, 4.69) is 35.4 Å². The van der Waals surface area contributed by atoms with E-state index in [1.165, 1.54) is 11.3 Å². The van der Waals surface area contributed by atoms with Crippen LogP contribution in [0.25, 0.3) is 0 Å². The van der Waals surface area contributed by atoms with Gasteiger partial charge in [-0.15, -0.1) is 17.8 Å². The minimum absolute atomic E-state index is 0.108. The molecule has 2 N–H and O–H groups in total. The number of nitrogens with one attached hydrogen (secondary N) is 2. The number of hydrogen-bond acceptors (Lipinski definition) is 6. The van der Waals surface area contributed by atoms with Gasteiger partial charge in [0.15, 0.2) is 17.4 Å². The molecule has 114 valence electrons. The molecular weight excluding hydrogens is 290 g/mol. The standard InChI is InChI=1S/C14H19N3O3S/c1-4-6-15-12(18)8-20-13(19)11-9-21-14(17-11)16-7-5-10(2)3/h1,9-10H,5-8H2,2-3H3,(H,15,18)(H,16,17). The summed E-state index contributed by atoms with van der Waals surface area (Å²) in [6.07, 6.45) is 6.02.